The van der Waals surface area contributed by atoms with Crippen LogP contribution < -0.4 is 11.1 Å². The molecule has 0 saturated carbocycles. The number of hydrogen-bond donors (Lipinski definition) is 2. The highest BCUT2D eigenvalue weighted by atomic mass is 16.5. The van der Waals surface area contributed by atoms with Gasteiger partial charge in [0.15, 0.2) is 0 Å². The third-order valence-corrected chi connectivity index (χ3v) is 4.23. The normalized spacial score (nSPS) is 17.1. The Labute approximate surface area is 148 Å². The minimum Gasteiger partial charge on any atom is -0.463 e. The van der Waals surface area contributed by atoms with Gasteiger partial charge in [-0.3, -0.25) is 0 Å². The SMILES string of the molecule is CC(C)(C)c1cnc(Nc2ccc(CC[C@H]3COC(N)=N3)cc2)nc1. The first-order valence-electron chi connectivity index (χ1n) is 8.55. The Kier molecular flexibility index (Phi) is 4.88. The lowest BCUT2D eigenvalue weighted by Crippen LogP contribution is -2.12. The number of aromatic nitrogens is 2. The second-order valence-corrected chi connectivity index (χ2v) is 7.34. The molecule has 1 aliphatic heterocycles. The van der Waals surface area contributed by atoms with Crippen LogP contribution in [0.1, 0.15) is 38.3 Å². The molecule has 2 heterocycles. The molecule has 132 valence electrons. The van der Waals surface area contributed by atoms with Crippen molar-refractivity contribution in [3.8, 4) is 0 Å². The second kappa shape index (κ2) is 7.09. The summed E-state index contributed by atoms with van der Waals surface area (Å²) >= 11 is 0. The van der Waals surface area contributed by atoms with Crippen molar-refractivity contribution in [2.45, 2.75) is 45.1 Å². The number of aryl methyl sites for hydroxylation is 1. The van der Waals surface area contributed by atoms with Crippen LogP contribution in [-0.2, 0) is 16.6 Å². The van der Waals surface area contributed by atoms with E-state index in [2.05, 4.69) is 53.2 Å². The molecule has 1 aliphatic rings. The highest BCUT2D eigenvalue weighted by Gasteiger charge is 2.16. The van der Waals surface area contributed by atoms with Gasteiger partial charge in [-0.2, -0.15) is 0 Å². The summed E-state index contributed by atoms with van der Waals surface area (Å²) in [6, 6.07) is 8.77. The minimum atomic E-state index is 0.0548. The van der Waals surface area contributed by atoms with Crippen LogP contribution in [0.5, 0.6) is 0 Å². The van der Waals surface area contributed by atoms with Crippen molar-refractivity contribution in [1.29, 1.82) is 0 Å². The second-order valence-electron chi connectivity index (χ2n) is 7.34. The molecule has 1 aromatic carbocycles. The highest BCUT2D eigenvalue weighted by molar-refractivity contribution is 5.73. The summed E-state index contributed by atoms with van der Waals surface area (Å²) in [5.74, 6) is 0.605. The van der Waals surface area contributed by atoms with E-state index in [0.717, 1.165) is 24.1 Å². The molecule has 0 radical (unpaired) electrons. The summed E-state index contributed by atoms with van der Waals surface area (Å²) in [5.41, 5.74) is 8.93. The minimum absolute atomic E-state index is 0.0548. The van der Waals surface area contributed by atoms with E-state index < -0.39 is 0 Å². The van der Waals surface area contributed by atoms with Crippen LogP contribution in [0.25, 0.3) is 0 Å². The Morgan fingerprint density at radius 3 is 2.40 bits per heavy atom. The summed E-state index contributed by atoms with van der Waals surface area (Å²) in [6.07, 6.45) is 5.63. The number of amidine groups is 1. The van der Waals surface area contributed by atoms with Crippen LogP contribution in [0.15, 0.2) is 41.7 Å². The largest absolute Gasteiger partial charge is 0.463 e. The van der Waals surface area contributed by atoms with Gasteiger partial charge >= 0.3 is 0 Å². The van der Waals surface area contributed by atoms with E-state index in [1.165, 1.54) is 5.56 Å². The highest BCUT2D eigenvalue weighted by Crippen LogP contribution is 2.22. The standard InChI is InChI=1S/C19H25N5O/c1-19(2,3)14-10-21-18(22-11-14)24-15-7-4-13(5-8-15)6-9-16-12-25-17(20)23-16/h4-5,7-8,10-11,16H,6,9,12H2,1-3H3,(H2,20,23)(H,21,22,24)/t16-/m0/s1. The Morgan fingerprint density at radius 2 is 1.84 bits per heavy atom. The average molecular weight is 339 g/mol. The van der Waals surface area contributed by atoms with Crippen molar-refractivity contribution in [2.24, 2.45) is 10.7 Å². The van der Waals surface area contributed by atoms with Gasteiger partial charge in [0.25, 0.3) is 6.02 Å². The fourth-order valence-corrected chi connectivity index (χ4v) is 2.58. The smallest absolute Gasteiger partial charge is 0.282 e. The molecule has 6 nitrogen and oxygen atoms in total. The predicted octanol–water partition coefficient (Wildman–Crippen LogP) is 3.16. The number of rotatable bonds is 5. The van der Waals surface area contributed by atoms with Crippen LogP contribution in [-0.4, -0.2) is 28.6 Å². The number of anilines is 2. The van der Waals surface area contributed by atoms with Gasteiger partial charge in [0, 0.05) is 18.1 Å². The van der Waals surface area contributed by atoms with Gasteiger partial charge in [-0.25, -0.2) is 15.0 Å². The molecule has 3 N–H and O–H groups in total. The zero-order valence-corrected chi connectivity index (χ0v) is 15.0. The number of hydrogen-bond acceptors (Lipinski definition) is 6. The van der Waals surface area contributed by atoms with E-state index in [9.17, 15) is 0 Å². The van der Waals surface area contributed by atoms with Crippen molar-refractivity contribution in [1.82, 2.24) is 9.97 Å². The molecule has 0 amide bonds. The molecule has 0 aliphatic carbocycles. The Morgan fingerprint density at radius 1 is 1.16 bits per heavy atom. The third kappa shape index (κ3) is 4.68. The molecule has 25 heavy (non-hydrogen) atoms. The van der Waals surface area contributed by atoms with E-state index in [0.29, 0.717) is 18.6 Å². The van der Waals surface area contributed by atoms with E-state index >= 15 is 0 Å². The van der Waals surface area contributed by atoms with Gasteiger partial charge in [0.05, 0.1) is 6.04 Å². The van der Waals surface area contributed by atoms with Crippen molar-refractivity contribution in [3.05, 3.63) is 47.8 Å². The average Bonchev–Trinajstić information content (AvgIpc) is 2.99. The lowest BCUT2D eigenvalue weighted by Gasteiger charge is -2.17. The maximum atomic E-state index is 5.53. The Hall–Kier alpha value is -2.63. The summed E-state index contributed by atoms with van der Waals surface area (Å²) in [4.78, 5) is 13.0. The van der Waals surface area contributed by atoms with E-state index in [4.69, 9.17) is 10.5 Å². The number of benzene rings is 1. The first-order chi connectivity index (χ1) is 11.9. The van der Waals surface area contributed by atoms with Crippen LogP contribution in [0.2, 0.25) is 0 Å². The molecule has 2 aromatic rings. The molecular weight excluding hydrogens is 314 g/mol. The lowest BCUT2D eigenvalue weighted by molar-refractivity contribution is 0.308. The van der Waals surface area contributed by atoms with E-state index in [-0.39, 0.29) is 11.5 Å². The zero-order valence-electron chi connectivity index (χ0n) is 15.0. The quantitative estimate of drug-likeness (QED) is 0.874. The molecule has 1 atom stereocenters. The van der Waals surface area contributed by atoms with Crippen LogP contribution in [0.3, 0.4) is 0 Å². The summed E-state index contributed by atoms with van der Waals surface area (Å²) in [5, 5.41) is 3.23. The molecule has 3 rings (SSSR count). The van der Waals surface area contributed by atoms with Crippen molar-refractivity contribution >= 4 is 17.7 Å². The molecule has 0 spiro atoms. The van der Waals surface area contributed by atoms with Gasteiger partial charge in [0.2, 0.25) is 5.95 Å². The monoisotopic (exact) mass is 339 g/mol. The van der Waals surface area contributed by atoms with Gasteiger partial charge in [-0.15, -0.1) is 0 Å². The fraction of sp³-hybridized carbons (Fsp3) is 0.421. The molecule has 6 heteroatoms. The van der Waals surface area contributed by atoms with Crippen LogP contribution in [0, 0.1) is 0 Å². The van der Waals surface area contributed by atoms with Crippen LogP contribution >= 0.6 is 0 Å². The van der Waals surface area contributed by atoms with Crippen molar-refractivity contribution in [3.63, 3.8) is 0 Å². The molecule has 0 bridgehead atoms. The topological polar surface area (TPSA) is 85.4 Å². The third-order valence-electron chi connectivity index (χ3n) is 4.23. The molecule has 0 fully saturated rings. The van der Waals surface area contributed by atoms with Gasteiger partial charge in [-0.05, 0) is 41.5 Å². The maximum absolute atomic E-state index is 5.53. The first-order valence-corrected chi connectivity index (χ1v) is 8.55. The van der Waals surface area contributed by atoms with E-state index in [1.807, 2.05) is 24.5 Å². The summed E-state index contributed by atoms with van der Waals surface area (Å²) in [6.45, 7) is 7.03. The van der Waals surface area contributed by atoms with E-state index in [1.54, 1.807) is 0 Å². The fourth-order valence-electron chi connectivity index (χ4n) is 2.58. The molecule has 0 saturated heterocycles. The van der Waals surface area contributed by atoms with Crippen molar-refractivity contribution in [2.75, 3.05) is 11.9 Å². The summed E-state index contributed by atoms with van der Waals surface area (Å²) in [7, 11) is 0. The van der Waals surface area contributed by atoms with Crippen LogP contribution in [0.4, 0.5) is 11.6 Å². The molecule has 1 aromatic heterocycles. The van der Waals surface area contributed by atoms with Gasteiger partial charge < -0.3 is 15.8 Å². The number of ether oxygens (including phenoxy) is 1. The maximum Gasteiger partial charge on any atom is 0.282 e. The molecule has 0 unspecified atom stereocenters. The van der Waals surface area contributed by atoms with Crippen molar-refractivity contribution < 1.29 is 4.74 Å². The lowest BCUT2D eigenvalue weighted by atomic mass is 9.89. The Balaban J connectivity index is 1.55. The number of nitrogens with two attached hydrogens (primary N) is 1. The van der Waals surface area contributed by atoms with Gasteiger partial charge in [0.1, 0.15) is 6.61 Å². The Bertz CT molecular complexity index is 732. The molecular formula is C19H25N5O. The number of aliphatic imine (C=N–C) groups is 1. The zero-order chi connectivity index (χ0) is 17.9. The summed E-state index contributed by atoms with van der Waals surface area (Å²) < 4.78 is 5.17. The predicted molar refractivity (Wildman–Crippen MR) is 100 cm³/mol. The van der Waals surface area contributed by atoms with Gasteiger partial charge in [-0.1, -0.05) is 32.9 Å². The number of nitrogens with one attached hydrogen (secondary N) is 1. The number of nitrogens with zero attached hydrogens (tertiary/aromatic N) is 3. The first kappa shape index (κ1) is 17.2.